The van der Waals surface area contributed by atoms with Crippen LogP contribution >= 0.6 is 0 Å². The molecule has 2 unspecified atom stereocenters. The molecule has 0 bridgehead atoms. The molecule has 8 heteroatoms. The highest BCUT2D eigenvalue weighted by Crippen LogP contribution is 2.36. The van der Waals surface area contributed by atoms with E-state index in [9.17, 15) is 20.1 Å². The van der Waals surface area contributed by atoms with E-state index in [1.165, 1.54) is 19.2 Å². The zero-order valence-corrected chi connectivity index (χ0v) is 14.7. The first-order valence-electron chi connectivity index (χ1n) is 7.73. The van der Waals surface area contributed by atoms with Crippen molar-refractivity contribution in [3.05, 3.63) is 23.3 Å². The van der Waals surface area contributed by atoms with E-state index >= 15 is 0 Å². The highest BCUT2D eigenvalue weighted by Gasteiger charge is 2.24. The normalized spacial score (nSPS) is 13.5. The van der Waals surface area contributed by atoms with Crippen LogP contribution in [0.4, 0.5) is 4.79 Å². The number of hydrogen-bond acceptors (Lipinski definition) is 7. The zero-order chi connectivity index (χ0) is 19.2. The number of nitrogens with zero attached hydrogens (tertiary/aromatic N) is 1. The number of alkyl carbamates (subject to hydrolysis) is 1. The largest absolute Gasteiger partial charge is 0.504 e. The first-order valence-corrected chi connectivity index (χ1v) is 7.73. The lowest BCUT2D eigenvalue weighted by atomic mass is 9.98. The Morgan fingerprint density at radius 1 is 1.36 bits per heavy atom. The molecule has 25 heavy (non-hydrogen) atoms. The van der Waals surface area contributed by atoms with Crippen molar-refractivity contribution in [1.29, 1.82) is 5.26 Å². The Bertz CT molecular complexity index is 648. The molecular formula is C17H24N2O6. The number of phenols is 1. The van der Waals surface area contributed by atoms with Gasteiger partial charge in [-0.05, 0) is 33.3 Å². The zero-order valence-electron chi connectivity index (χ0n) is 14.7. The van der Waals surface area contributed by atoms with E-state index in [1.807, 2.05) is 6.07 Å². The van der Waals surface area contributed by atoms with Crippen molar-refractivity contribution in [2.24, 2.45) is 0 Å². The van der Waals surface area contributed by atoms with Crippen molar-refractivity contribution in [1.82, 2.24) is 5.32 Å². The second-order valence-electron chi connectivity index (χ2n) is 6.46. The summed E-state index contributed by atoms with van der Waals surface area (Å²) in [4.78, 5) is 11.5. The number of ether oxygens (including phenoxy) is 2. The summed E-state index contributed by atoms with van der Waals surface area (Å²) in [5.74, 6) is -0.333. The van der Waals surface area contributed by atoms with Gasteiger partial charge in [0.1, 0.15) is 11.7 Å². The summed E-state index contributed by atoms with van der Waals surface area (Å²) in [5.41, 5.74) is -0.495. The minimum Gasteiger partial charge on any atom is -0.504 e. The van der Waals surface area contributed by atoms with E-state index in [2.05, 4.69) is 5.32 Å². The van der Waals surface area contributed by atoms with Crippen LogP contribution < -0.4 is 10.1 Å². The third-order valence-corrected chi connectivity index (χ3v) is 3.24. The highest BCUT2D eigenvalue weighted by molar-refractivity contribution is 5.67. The predicted octanol–water partition coefficient (Wildman–Crippen LogP) is 1.58. The monoisotopic (exact) mass is 352 g/mol. The summed E-state index contributed by atoms with van der Waals surface area (Å²) in [7, 11) is 1.31. The smallest absolute Gasteiger partial charge is 0.407 e. The first kappa shape index (κ1) is 20.5. The van der Waals surface area contributed by atoms with Crippen LogP contribution in [0.1, 0.15) is 44.4 Å². The lowest BCUT2D eigenvalue weighted by Gasteiger charge is -2.22. The third kappa shape index (κ3) is 6.14. The topological polar surface area (TPSA) is 132 Å². The standard InChI is InChI=1S/C17H24N2O6/c1-17(2,3)25-16(23)19-6-5-12(20)14(21)11-7-10(9-18)8-13(24-4)15(11)22/h7-8,12,14,20-22H,5-6H2,1-4H3,(H,19,23). The SMILES string of the molecule is COc1cc(C#N)cc(C(O)C(O)CCNC(=O)OC(C)(C)C)c1O. The van der Waals surface area contributed by atoms with Gasteiger partial charge in [0.2, 0.25) is 0 Å². The number of phenolic OH excluding ortho intramolecular Hbond substituents is 1. The van der Waals surface area contributed by atoms with E-state index in [0.717, 1.165) is 0 Å². The Morgan fingerprint density at radius 2 is 2.00 bits per heavy atom. The van der Waals surface area contributed by atoms with E-state index in [0.29, 0.717) is 0 Å². The van der Waals surface area contributed by atoms with Gasteiger partial charge in [0.25, 0.3) is 0 Å². The van der Waals surface area contributed by atoms with Gasteiger partial charge < -0.3 is 30.1 Å². The molecule has 1 rings (SSSR count). The quantitative estimate of drug-likeness (QED) is 0.611. The van der Waals surface area contributed by atoms with Crippen molar-refractivity contribution in [3.8, 4) is 17.6 Å². The van der Waals surface area contributed by atoms with Crippen molar-refractivity contribution in [2.45, 2.75) is 45.0 Å². The van der Waals surface area contributed by atoms with E-state index in [-0.39, 0.29) is 35.6 Å². The third-order valence-electron chi connectivity index (χ3n) is 3.24. The summed E-state index contributed by atoms with van der Waals surface area (Å²) < 4.78 is 10.0. The van der Waals surface area contributed by atoms with Crippen LogP contribution in [0.2, 0.25) is 0 Å². The number of amides is 1. The van der Waals surface area contributed by atoms with E-state index in [4.69, 9.17) is 14.7 Å². The maximum Gasteiger partial charge on any atom is 0.407 e. The molecule has 0 aliphatic rings. The fourth-order valence-electron chi connectivity index (χ4n) is 2.08. The molecule has 0 saturated carbocycles. The molecule has 4 N–H and O–H groups in total. The van der Waals surface area contributed by atoms with Gasteiger partial charge in [0.15, 0.2) is 11.5 Å². The van der Waals surface area contributed by atoms with E-state index in [1.54, 1.807) is 20.8 Å². The molecule has 0 fully saturated rings. The first-order chi connectivity index (χ1) is 11.6. The van der Waals surface area contributed by atoms with Crippen molar-refractivity contribution in [2.75, 3.05) is 13.7 Å². The molecule has 0 heterocycles. The molecule has 0 aromatic heterocycles. The molecule has 1 aromatic rings. The fourth-order valence-corrected chi connectivity index (χ4v) is 2.08. The molecule has 0 aliphatic carbocycles. The number of aliphatic hydroxyl groups is 2. The van der Waals surface area contributed by atoms with E-state index < -0.39 is 23.9 Å². The Balaban J connectivity index is 2.72. The number of nitriles is 1. The molecular weight excluding hydrogens is 328 g/mol. The molecule has 0 radical (unpaired) electrons. The summed E-state index contributed by atoms with van der Waals surface area (Å²) in [5, 5.41) is 41.9. The average Bonchev–Trinajstić information content (AvgIpc) is 2.52. The van der Waals surface area contributed by atoms with Crippen LogP contribution in [-0.2, 0) is 4.74 Å². The van der Waals surface area contributed by atoms with Crippen LogP contribution in [0.25, 0.3) is 0 Å². The van der Waals surface area contributed by atoms with Crippen molar-refractivity contribution < 1.29 is 29.6 Å². The van der Waals surface area contributed by atoms with Crippen LogP contribution in [0, 0.1) is 11.3 Å². The molecule has 1 amide bonds. The Labute approximate surface area is 146 Å². The predicted molar refractivity (Wildman–Crippen MR) is 89.2 cm³/mol. The lowest BCUT2D eigenvalue weighted by molar-refractivity contribution is 0.0109. The minimum atomic E-state index is -1.46. The van der Waals surface area contributed by atoms with Gasteiger partial charge in [0, 0.05) is 18.2 Å². The molecule has 0 aliphatic heterocycles. The summed E-state index contributed by atoms with van der Waals surface area (Å²) >= 11 is 0. The van der Waals surface area contributed by atoms with Crippen LogP contribution in [0.3, 0.4) is 0 Å². The van der Waals surface area contributed by atoms with Gasteiger partial charge in [-0.15, -0.1) is 0 Å². The second-order valence-corrected chi connectivity index (χ2v) is 6.46. The second kappa shape index (κ2) is 8.55. The molecule has 138 valence electrons. The fraction of sp³-hybridized carbons (Fsp3) is 0.529. The number of benzene rings is 1. The molecule has 0 saturated heterocycles. The summed E-state index contributed by atoms with van der Waals surface area (Å²) in [6.07, 6.45) is -3.36. The van der Waals surface area contributed by atoms with Gasteiger partial charge in [-0.2, -0.15) is 5.26 Å². The molecule has 8 nitrogen and oxygen atoms in total. The van der Waals surface area contributed by atoms with Gasteiger partial charge in [-0.25, -0.2) is 4.79 Å². The minimum absolute atomic E-state index is 0.0128. The maximum atomic E-state index is 11.5. The van der Waals surface area contributed by atoms with Crippen LogP contribution in [0.5, 0.6) is 11.5 Å². The Morgan fingerprint density at radius 3 is 2.52 bits per heavy atom. The highest BCUT2D eigenvalue weighted by atomic mass is 16.6. The molecule has 0 spiro atoms. The van der Waals surface area contributed by atoms with Gasteiger partial charge >= 0.3 is 6.09 Å². The average molecular weight is 352 g/mol. The van der Waals surface area contributed by atoms with Crippen molar-refractivity contribution >= 4 is 6.09 Å². The van der Waals surface area contributed by atoms with Crippen LogP contribution in [0.15, 0.2) is 12.1 Å². The maximum absolute atomic E-state index is 11.5. The van der Waals surface area contributed by atoms with Gasteiger partial charge in [-0.1, -0.05) is 0 Å². The molecule has 2 atom stereocenters. The Kier molecular flexibility index (Phi) is 7.03. The van der Waals surface area contributed by atoms with Crippen LogP contribution in [-0.4, -0.2) is 46.8 Å². The summed E-state index contributed by atoms with van der Waals surface area (Å²) in [6, 6.07) is 4.48. The van der Waals surface area contributed by atoms with Gasteiger partial charge in [-0.3, -0.25) is 0 Å². The molecule has 1 aromatic carbocycles. The number of aromatic hydroxyl groups is 1. The summed E-state index contributed by atoms with van der Waals surface area (Å²) in [6.45, 7) is 5.24. The number of aliphatic hydroxyl groups excluding tert-OH is 2. The number of carbonyl (C=O) groups is 1. The Hall–Kier alpha value is -2.50. The van der Waals surface area contributed by atoms with Gasteiger partial charge in [0.05, 0.1) is 24.8 Å². The number of rotatable bonds is 6. The number of hydrogen-bond donors (Lipinski definition) is 4. The number of nitrogens with one attached hydrogen (secondary N) is 1. The lowest BCUT2D eigenvalue weighted by Crippen LogP contribution is -2.34. The number of carbonyl (C=O) groups excluding carboxylic acids is 1. The van der Waals surface area contributed by atoms with Crippen molar-refractivity contribution in [3.63, 3.8) is 0 Å². The number of methoxy groups -OCH3 is 1.